The van der Waals surface area contributed by atoms with Crippen molar-refractivity contribution in [3.8, 4) is 0 Å². The Morgan fingerprint density at radius 3 is 2.37 bits per heavy atom. The molecule has 8 heteroatoms. The summed E-state index contributed by atoms with van der Waals surface area (Å²) in [6.45, 7) is 5.66. The van der Waals surface area contributed by atoms with Crippen molar-refractivity contribution < 1.29 is 4.79 Å². The van der Waals surface area contributed by atoms with E-state index in [4.69, 9.17) is 4.98 Å². The van der Waals surface area contributed by atoms with Gasteiger partial charge in [-0.1, -0.05) is 0 Å². The number of rotatable bonds is 5. The normalized spacial score (nSPS) is 24.7. The Morgan fingerprint density at radius 2 is 1.78 bits per heavy atom. The summed E-state index contributed by atoms with van der Waals surface area (Å²) >= 11 is 0. The van der Waals surface area contributed by atoms with Gasteiger partial charge in [0.05, 0.1) is 12.2 Å². The molecule has 0 radical (unpaired) electrons. The molecule has 0 spiro atoms. The van der Waals surface area contributed by atoms with Gasteiger partial charge in [0.1, 0.15) is 5.82 Å². The summed E-state index contributed by atoms with van der Waals surface area (Å²) in [6.07, 6.45) is 2.30. The van der Waals surface area contributed by atoms with Crippen LogP contribution in [0.3, 0.4) is 0 Å². The number of hydrogen-bond donors (Lipinski definition) is 2. The van der Waals surface area contributed by atoms with Crippen LogP contribution in [-0.4, -0.2) is 67.6 Å². The van der Waals surface area contributed by atoms with Gasteiger partial charge >= 0.3 is 0 Å². The van der Waals surface area contributed by atoms with Crippen molar-refractivity contribution >= 4 is 17.7 Å². The Labute approximate surface area is 162 Å². The molecule has 3 heterocycles. The third kappa shape index (κ3) is 4.16. The number of carbonyl (C=O) groups is 1. The van der Waals surface area contributed by atoms with Crippen molar-refractivity contribution in [3.63, 3.8) is 0 Å². The van der Waals surface area contributed by atoms with Crippen LogP contribution < -0.4 is 20.7 Å². The van der Waals surface area contributed by atoms with Crippen molar-refractivity contribution in [2.24, 2.45) is 5.92 Å². The van der Waals surface area contributed by atoms with Gasteiger partial charge in [-0.25, -0.2) is 4.98 Å². The maximum Gasteiger partial charge on any atom is 0.227 e. The minimum absolute atomic E-state index is 0.225. The molecular formula is C19H33N7O. The van der Waals surface area contributed by atoms with Crippen LogP contribution in [0.4, 0.5) is 11.8 Å². The lowest BCUT2D eigenvalue weighted by Gasteiger charge is -2.31. The molecule has 8 nitrogen and oxygen atoms in total. The van der Waals surface area contributed by atoms with Crippen LogP contribution in [0.1, 0.15) is 37.9 Å². The average molecular weight is 376 g/mol. The molecule has 0 aromatic carbocycles. The fraction of sp³-hybridized carbons (Fsp3) is 0.737. The number of fused-ring (bicyclic) bond motifs is 1. The standard InChI is InChI=1S/C19H33N7O/c1-12-14(13(2)23-22-12)7-8-17(27)26-10-9-15-16(11-26)20-19(25(5)6)21-18(15)24(3)4/h12-14,22-23H,7-11H2,1-6H3. The summed E-state index contributed by atoms with van der Waals surface area (Å²) in [5.74, 6) is 2.36. The first kappa shape index (κ1) is 19.8. The predicted molar refractivity (Wildman–Crippen MR) is 108 cm³/mol. The van der Waals surface area contributed by atoms with Crippen LogP contribution in [0.2, 0.25) is 0 Å². The Balaban J connectivity index is 1.70. The summed E-state index contributed by atoms with van der Waals surface area (Å²) in [7, 11) is 7.90. The Bertz CT molecular complexity index is 681. The Kier molecular flexibility index (Phi) is 5.86. The van der Waals surface area contributed by atoms with Gasteiger partial charge in [0.15, 0.2) is 0 Å². The minimum atomic E-state index is 0.225. The van der Waals surface area contributed by atoms with E-state index in [1.807, 2.05) is 42.9 Å². The first-order chi connectivity index (χ1) is 12.8. The van der Waals surface area contributed by atoms with Crippen molar-refractivity contribution in [1.82, 2.24) is 25.7 Å². The lowest BCUT2D eigenvalue weighted by Crippen LogP contribution is -2.38. The molecule has 2 aliphatic rings. The van der Waals surface area contributed by atoms with Gasteiger partial charge in [-0.15, -0.1) is 0 Å². The zero-order valence-electron chi connectivity index (χ0n) is 17.4. The van der Waals surface area contributed by atoms with E-state index < -0.39 is 0 Å². The fourth-order valence-corrected chi connectivity index (χ4v) is 4.04. The van der Waals surface area contributed by atoms with Crippen molar-refractivity contribution in [1.29, 1.82) is 0 Å². The second-order valence-corrected chi connectivity index (χ2v) is 8.20. The van der Waals surface area contributed by atoms with Gasteiger partial charge in [0, 0.05) is 58.8 Å². The van der Waals surface area contributed by atoms with Gasteiger partial charge in [0.25, 0.3) is 0 Å². The van der Waals surface area contributed by atoms with Crippen LogP contribution >= 0.6 is 0 Å². The molecule has 2 unspecified atom stereocenters. The van der Waals surface area contributed by atoms with Crippen molar-refractivity contribution in [2.45, 2.75) is 51.7 Å². The topological polar surface area (TPSA) is 76.6 Å². The zero-order chi connectivity index (χ0) is 19.7. The van der Waals surface area contributed by atoms with E-state index in [0.29, 0.717) is 36.9 Å². The molecule has 1 saturated heterocycles. The van der Waals surface area contributed by atoms with Crippen molar-refractivity contribution in [3.05, 3.63) is 11.3 Å². The van der Waals surface area contributed by atoms with Gasteiger partial charge < -0.3 is 14.7 Å². The molecule has 150 valence electrons. The lowest BCUT2D eigenvalue weighted by atomic mass is 9.91. The molecule has 2 N–H and O–H groups in total. The molecule has 27 heavy (non-hydrogen) atoms. The highest BCUT2D eigenvalue weighted by molar-refractivity contribution is 5.76. The predicted octanol–water partition coefficient (Wildman–Crippen LogP) is 0.775. The molecule has 2 atom stereocenters. The molecule has 1 amide bonds. The van der Waals surface area contributed by atoms with E-state index in [-0.39, 0.29) is 5.91 Å². The first-order valence-electron chi connectivity index (χ1n) is 9.81. The summed E-state index contributed by atoms with van der Waals surface area (Å²) in [5.41, 5.74) is 8.68. The van der Waals surface area contributed by atoms with Crippen LogP contribution in [0, 0.1) is 5.92 Å². The smallest absolute Gasteiger partial charge is 0.227 e. The summed E-state index contributed by atoms with van der Waals surface area (Å²) in [6, 6.07) is 0.792. The van der Waals surface area contributed by atoms with E-state index in [1.165, 1.54) is 5.56 Å². The largest absolute Gasteiger partial charge is 0.362 e. The number of amides is 1. The number of anilines is 2. The average Bonchev–Trinajstić information content (AvgIpc) is 2.95. The van der Waals surface area contributed by atoms with Gasteiger partial charge in [-0.2, -0.15) is 4.98 Å². The summed E-state index contributed by atoms with van der Waals surface area (Å²) in [5, 5.41) is 0. The first-order valence-corrected chi connectivity index (χ1v) is 9.81. The second-order valence-electron chi connectivity index (χ2n) is 8.20. The highest BCUT2D eigenvalue weighted by Gasteiger charge is 2.31. The maximum atomic E-state index is 12.8. The number of nitrogens with zero attached hydrogens (tertiary/aromatic N) is 5. The molecular weight excluding hydrogens is 342 g/mol. The van der Waals surface area contributed by atoms with Gasteiger partial charge in [0.2, 0.25) is 11.9 Å². The molecule has 2 aliphatic heterocycles. The third-order valence-electron chi connectivity index (χ3n) is 5.72. The quantitative estimate of drug-likeness (QED) is 0.787. The monoisotopic (exact) mass is 375 g/mol. The minimum Gasteiger partial charge on any atom is -0.362 e. The molecule has 1 aromatic heterocycles. The number of hydrazine groups is 1. The van der Waals surface area contributed by atoms with E-state index in [9.17, 15) is 4.79 Å². The van der Waals surface area contributed by atoms with E-state index in [0.717, 1.165) is 30.9 Å². The fourth-order valence-electron chi connectivity index (χ4n) is 4.04. The Morgan fingerprint density at radius 1 is 1.11 bits per heavy atom. The van der Waals surface area contributed by atoms with Gasteiger partial charge in [-0.3, -0.25) is 15.6 Å². The molecule has 0 bridgehead atoms. The van der Waals surface area contributed by atoms with Crippen molar-refractivity contribution in [2.75, 3.05) is 44.5 Å². The van der Waals surface area contributed by atoms with Crippen LogP contribution in [0.5, 0.6) is 0 Å². The number of aromatic nitrogens is 2. The third-order valence-corrected chi connectivity index (χ3v) is 5.72. The molecule has 1 aromatic rings. The summed E-state index contributed by atoms with van der Waals surface area (Å²) in [4.78, 5) is 28.2. The highest BCUT2D eigenvalue weighted by atomic mass is 16.2. The van der Waals surface area contributed by atoms with Crippen LogP contribution in [0.25, 0.3) is 0 Å². The molecule has 1 fully saturated rings. The van der Waals surface area contributed by atoms with Crippen LogP contribution in [-0.2, 0) is 17.8 Å². The Hall–Kier alpha value is -1.93. The molecule has 3 rings (SSSR count). The molecule has 0 aliphatic carbocycles. The number of nitrogens with one attached hydrogen (secondary N) is 2. The maximum absolute atomic E-state index is 12.8. The zero-order valence-corrected chi connectivity index (χ0v) is 17.4. The van der Waals surface area contributed by atoms with Crippen LogP contribution in [0.15, 0.2) is 0 Å². The van der Waals surface area contributed by atoms with E-state index in [2.05, 4.69) is 29.7 Å². The number of carbonyl (C=O) groups excluding carboxylic acids is 1. The second kappa shape index (κ2) is 7.98. The SMILES string of the molecule is CC1NNC(C)C1CCC(=O)N1CCc2c(nc(N(C)C)nc2N(C)C)C1. The van der Waals surface area contributed by atoms with E-state index in [1.54, 1.807) is 0 Å². The summed E-state index contributed by atoms with van der Waals surface area (Å²) < 4.78 is 0. The number of hydrogen-bond acceptors (Lipinski definition) is 7. The molecule has 0 saturated carbocycles. The highest BCUT2D eigenvalue weighted by Crippen LogP contribution is 2.28. The van der Waals surface area contributed by atoms with Gasteiger partial charge in [-0.05, 0) is 32.6 Å². The lowest BCUT2D eigenvalue weighted by molar-refractivity contribution is -0.132. The van der Waals surface area contributed by atoms with E-state index >= 15 is 0 Å².